The van der Waals surface area contributed by atoms with E-state index in [0.29, 0.717) is 5.56 Å². The summed E-state index contributed by atoms with van der Waals surface area (Å²) in [7, 11) is 0. The first kappa shape index (κ1) is 18.9. The number of rotatable bonds is 5. The first-order valence-corrected chi connectivity index (χ1v) is 8.70. The van der Waals surface area contributed by atoms with E-state index in [-0.39, 0.29) is 22.9 Å². The van der Waals surface area contributed by atoms with Gasteiger partial charge in [-0.1, -0.05) is 36.4 Å². The lowest BCUT2D eigenvalue weighted by Gasteiger charge is -2.04. The lowest BCUT2D eigenvalue weighted by Crippen LogP contribution is -3.00. The molecule has 0 radical (unpaired) electrons. The lowest BCUT2D eigenvalue weighted by molar-refractivity contribution is -0.696. The lowest BCUT2D eigenvalue weighted by atomic mass is 10.1. The summed E-state index contributed by atoms with van der Waals surface area (Å²) in [5.41, 5.74) is 3.94. The molecule has 0 aliphatic carbocycles. The van der Waals surface area contributed by atoms with Gasteiger partial charge in [0.05, 0.1) is 5.69 Å². The fourth-order valence-electron chi connectivity index (χ4n) is 3.07. The number of carbonyl (C=O) groups excluding carboxylic acids is 1. The van der Waals surface area contributed by atoms with Crippen molar-refractivity contribution in [3.8, 4) is 0 Å². The Morgan fingerprint density at radius 1 is 0.926 bits per heavy atom. The highest BCUT2D eigenvalue weighted by Gasteiger charge is 2.08. The number of carbonyl (C=O) groups is 1. The fraction of sp³-hybridized carbons (Fsp3) is 0.0909. The average Bonchev–Trinajstić information content (AvgIpc) is 3.11. The van der Waals surface area contributed by atoms with Gasteiger partial charge in [0.15, 0.2) is 18.9 Å². The summed E-state index contributed by atoms with van der Waals surface area (Å²) < 4.78 is 2.12. The van der Waals surface area contributed by atoms with Crippen molar-refractivity contribution < 1.29 is 26.3 Å². The molecule has 4 rings (SSSR count). The Bertz CT molecular complexity index is 1030. The molecule has 2 aromatic carbocycles. The van der Waals surface area contributed by atoms with Gasteiger partial charge in [0.25, 0.3) is 5.91 Å². The van der Waals surface area contributed by atoms with Crippen LogP contribution < -0.4 is 26.9 Å². The number of fused-ring (bicyclic) bond motifs is 1. The Morgan fingerprint density at radius 2 is 1.63 bits per heavy atom. The smallest absolute Gasteiger partial charge is 0.255 e. The summed E-state index contributed by atoms with van der Waals surface area (Å²) >= 11 is 0. The molecular formula is C22H20BrN3O. The number of halogens is 1. The minimum absolute atomic E-state index is 0. The van der Waals surface area contributed by atoms with Crippen molar-refractivity contribution in [3.63, 3.8) is 0 Å². The molecule has 0 spiro atoms. The Hall–Kier alpha value is -2.92. The highest BCUT2D eigenvalue weighted by atomic mass is 79.9. The number of hydrogen-bond donors (Lipinski definition) is 2. The summed E-state index contributed by atoms with van der Waals surface area (Å²) in [5, 5.41) is 4.20. The minimum Gasteiger partial charge on any atom is -1.00 e. The quantitative estimate of drug-likeness (QED) is 0.463. The van der Waals surface area contributed by atoms with Crippen molar-refractivity contribution in [3.05, 3.63) is 96.4 Å². The average molecular weight is 422 g/mol. The maximum atomic E-state index is 12.2. The van der Waals surface area contributed by atoms with Crippen LogP contribution in [-0.2, 0) is 13.0 Å². The monoisotopic (exact) mass is 421 g/mol. The van der Waals surface area contributed by atoms with Gasteiger partial charge in [-0.25, -0.2) is 4.57 Å². The van der Waals surface area contributed by atoms with Crippen LogP contribution >= 0.6 is 0 Å². The molecule has 4 aromatic rings. The van der Waals surface area contributed by atoms with Gasteiger partial charge >= 0.3 is 0 Å². The highest BCUT2D eigenvalue weighted by molar-refractivity contribution is 6.04. The molecule has 1 amide bonds. The van der Waals surface area contributed by atoms with E-state index in [1.54, 1.807) is 12.1 Å². The fourth-order valence-corrected chi connectivity index (χ4v) is 3.07. The molecule has 4 nitrogen and oxygen atoms in total. The van der Waals surface area contributed by atoms with Crippen molar-refractivity contribution in [2.24, 2.45) is 0 Å². The molecule has 27 heavy (non-hydrogen) atoms. The number of aromatic nitrogens is 2. The third kappa shape index (κ3) is 4.44. The second-order valence-corrected chi connectivity index (χ2v) is 6.25. The van der Waals surface area contributed by atoms with Gasteiger partial charge in [0.1, 0.15) is 0 Å². The first-order chi connectivity index (χ1) is 12.8. The zero-order valence-corrected chi connectivity index (χ0v) is 16.3. The summed E-state index contributed by atoms with van der Waals surface area (Å²) in [6.45, 7) is 0.884. The van der Waals surface area contributed by atoms with E-state index >= 15 is 0 Å². The van der Waals surface area contributed by atoms with E-state index in [1.807, 2.05) is 48.8 Å². The van der Waals surface area contributed by atoms with Crippen LogP contribution in [0.5, 0.6) is 0 Å². The van der Waals surface area contributed by atoms with E-state index in [2.05, 4.69) is 39.3 Å². The Kier molecular flexibility index (Phi) is 6.04. The largest absolute Gasteiger partial charge is 1.00 e. The molecule has 0 aliphatic heterocycles. The van der Waals surface area contributed by atoms with Crippen molar-refractivity contribution in [1.82, 2.24) is 4.98 Å². The van der Waals surface area contributed by atoms with Crippen LogP contribution in [0.4, 0.5) is 5.69 Å². The number of nitrogens with one attached hydrogen (secondary N) is 2. The molecular weight excluding hydrogens is 402 g/mol. The van der Waals surface area contributed by atoms with Crippen molar-refractivity contribution in [1.29, 1.82) is 0 Å². The van der Waals surface area contributed by atoms with Gasteiger partial charge in [-0.05, 0) is 23.8 Å². The van der Waals surface area contributed by atoms with E-state index in [9.17, 15) is 4.79 Å². The number of nitrogens with zero attached hydrogens (tertiary/aromatic N) is 1. The molecule has 0 saturated heterocycles. The van der Waals surface area contributed by atoms with Crippen LogP contribution in [0, 0.1) is 0 Å². The number of amides is 1. The highest BCUT2D eigenvalue weighted by Crippen LogP contribution is 2.18. The zero-order valence-electron chi connectivity index (χ0n) is 14.7. The second kappa shape index (κ2) is 8.64. The molecule has 0 atom stereocenters. The summed E-state index contributed by atoms with van der Waals surface area (Å²) in [4.78, 5) is 15.5. The molecule has 2 heterocycles. The van der Waals surface area contributed by atoms with E-state index < -0.39 is 0 Å². The Balaban J connectivity index is 0.00000210. The van der Waals surface area contributed by atoms with Crippen LogP contribution in [0.3, 0.4) is 0 Å². The van der Waals surface area contributed by atoms with Gasteiger partial charge in [-0.2, -0.15) is 0 Å². The number of anilines is 1. The standard InChI is InChI=1S/C22H19N3O.BrH/c26-22(17-6-2-1-3-7-17)24-19-11-14-25(15-12-19)13-10-18-16-23-21-9-5-4-8-20(18)21;/h1-9,11-12,14-16,23H,10,13H2;1H. The number of hydrogen-bond acceptors (Lipinski definition) is 1. The maximum absolute atomic E-state index is 12.2. The molecule has 0 saturated carbocycles. The number of benzene rings is 2. The molecule has 0 aliphatic rings. The Morgan fingerprint density at radius 3 is 2.41 bits per heavy atom. The minimum atomic E-state index is -0.0952. The number of H-pyrrole nitrogens is 1. The molecule has 0 bridgehead atoms. The van der Waals surface area contributed by atoms with Crippen LogP contribution in [-0.4, -0.2) is 10.9 Å². The van der Waals surface area contributed by atoms with Gasteiger partial charge < -0.3 is 27.3 Å². The number of pyridine rings is 1. The van der Waals surface area contributed by atoms with Crippen LogP contribution in [0.1, 0.15) is 15.9 Å². The SMILES string of the molecule is O=C(Nc1cc[n+](CCc2c[nH]c3ccccc23)cc1)c1ccccc1.[Br-]. The summed E-state index contributed by atoms with van der Waals surface area (Å²) in [5.74, 6) is -0.0952. The Labute approximate surface area is 168 Å². The first-order valence-electron chi connectivity index (χ1n) is 8.70. The molecule has 2 aromatic heterocycles. The summed E-state index contributed by atoms with van der Waals surface area (Å²) in [6.07, 6.45) is 7.02. The van der Waals surface area contributed by atoms with E-state index in [4.69, 9.17) is 0 Å². The zero-order chi connectivity index (χ0) is 17.8. The van der Waals surface area contributed by atoms with E-state index in [1.165, 1.54) is 16.5 Å². The number of aromatic amines is 1. The van der Waals surface area contributed by atoms with Crippen molar-refractivity contribution >= 4 is 22.5 Å². The van der Waals surface area contributed by atoms with Crippen LogP contribution in [0.15, 0.2) is 85.3 Å². The third-order valence-electron chi connectivity index (χ3n) is 4.50. The van der Waals surface area contributed by atoms with E-state index in [0.717, 1.165) is 18.7 Å². The van der Waals surface area contributed by atoms with Gasteiger partial charge in [0, 0.05) is 41.2 Å². The maximum Gasteiger partial charge on any atom is 0.255 e. The van der Waals surface area contributed by atoms with Crippen LogP contribution in [0.2, 0.25) is 0 Å². The molecule has 5 heteroatoms. The predicted molar refractivity (Wildman–Crippen MR) is 103 cm³/mol. The van der Waals surface area contributed by atoms with Gasteiger partial charge in [-0.3, -0.25) is 4.79 Å². The van der Waals surface area contributed by atoms with Gasteiger partial charge in [0.2, 0.25) is 0 Å². The van der Waals surface area contributed by atoms with Crippen LogP contribution in [0.25, 0.3) is 10.9 Å². The third-order valence-corrected chi connectivity index (χ3v) is 4.50. The number of aryl methyl sites for hydroxylation is 2. The van der Waals surface area contributed by atoms with Gasteiger partial charge in [-0.15, -0.1) is 0 Å². The second-order valence-electron chi connectivity index (χ2n) is 6.25. The molecule has 136 valence electrons. The normalized spacial score (nSPS) is 10.4. The predicted octanol–water partition coefficient (Wildman–Crippen LogP) is 0.954. The van der Waals surface area contributed by atoms with Crippen molar-refractivity contribution in [2.75, 3.05) is 5.32 Å². The van der Waals surface area contributed by atoms with Crippen molar-refractivity contribution in [2.45, 2.75) is 13.0 Å². The topological polar surface area (TPSA) is 48.8 Å². The molecule has 0 fully saturated rings. The summed E-state index contributed by atoms with van der Waals surface area (Å²) in [6, 6.07) is 21.4. The molecule has 2 N–H and O–H groups in total. The number of para-hydroxylation sites is 1. The molecule has 0 unspecified atom stereocenters.